The van der Waals surface area contributed by atoms with E-state index >= 15 is 0 Å². The van der Waals surface area contributed by atoms with E-state index in [4.69, 9.17) is 10.5 Å². The van der Waals surface area contributed by atoms with Gasteiger partial charge in [-0.15, -0.1) is 0 Å². The van der Waals surface area contributed by atoms with E-state index in [0.717, 1.165) is 43.3 Å². The molecule has 0 radical (unpaired) electrons. The SMILES string of the molecule is Cc1nc(CN)cc(C2CCOCC2)n1. The summed E-state index contributed by atoms with van der Waals surface area (Å²) in [6.07, 6.45) is 2.11. The van der Waals surface area contributed by atoms with E-state index in [9.17, 15) is 0 Å². The van der Waals surface area contributed by atoms with Crippen molar-refractivity contribution in [3.8, 4) is 0 Å². The fourth-order valence-corrected chi connectivity index (χ4v) is 1.96. The first-order chi connectivity index (χ1) is 7.29. The number of aryl methyl sites for hydroxylation is 1. The number of hydrogen-bond donors (Lipinski definition) is 1. The fraction of sp³-hybridized carbons (Fsp3) is 0.636. The van der Waals surface area contributed by atoms with E-state index in [1.807, 2.05) is 13.0 Å². The van der Waals surface area contributed by atoms with Crippen molar-refractivity contribution < 1.29 is 4.74 Å². The first-order valence-electron chi connectivity index (χ1n) is 5.42. The summed E-state index contributed by atoms with van der Waals surface area (Å²) in [4.78, 5) is 8.76. The second-order valence-electron chi connectivity index (χ2n) is 3.92. The van der Waals surface area contributed by atoms with E-state index in [0.29, 0.717) is 12.5 Å². The van der Waals surface area contributed by atoms with Gasteiger partial charge in [-0.25, -0.2) is 9.97 Å². The zero-order valence-electron chi connectivity index (χ0n) is 9.07. The quantitative estimate of drug-likeness (QED) is 0.790. The van der Waals surface area contributed by atoms with Gasteiger partial charge >= 0.3 is 0 Å². The highest BCUT2D eigenvalue weighted by atomic mass is 16.5. The van der Waals surface area contributed by atoms with Crippen molar-refractivity contribution in [2.24, 2.45) is 5.73 Å². The minimum atomic E-state index is 0.486. The smallest absolute Gasteiger partial charge is 0.125 e. The molecule has 1 aromatic rings. The lowest BCUT2D eigenvalue weighted by Crippen LogP contribution is -2.16. The molecule has 0 atom stereocenters. The van der Waals surface area contributed by atoms with Crippen LogP contribution in [0.25, 0.3) is 0 Å². The molecule has 4 heteroatoms. The van der Waals surface area contributed by atoms with E-state index in [1.165, 1.54) is 0 Å². The molecule has 1 fully saturated rings. The van der Waals surface area contributed by atoms with Crippen LogP contribution in [0.3, 0.4) is 0 Å². The Morgan fingerprint density at radius 3 is 2.80 bits per heavy atom. The minimum absolute atomic E-state index is 0.486. The molecule has 82 valence electrons. The average Bonchev–Trinajstić information content (AvgIpc) is 2.29. The van der Waals surface area contributed by atoms with E-state index in [-0.39, 0.29) is 0 Å². The molecule has 2 heterocycles. The molecule has 2 rings (SSSR count). The summed E-state index contributed by atoms with van der Waals surface area (Å²) >= 11 is 0. The van der Waals surface area contributed by atoms with E-state index < -0.39 is 0 Å². The molecule has 0 aromatic carbocycles. The second kappa shape index (κ2) is 4.68. The number of nitrogens with two attached hydrogens (primary N) is 1. The van der Waals surface area contributed by atoms with Gasteiger partial charge < -0.3 is 10.5 Å². The minimum Gasteiger partial charge on any atom is -0.381 e. The maximum Gasteiger partial charge on any atom is 0.125 e. The van der Waals surface area contributed by atoms with Gasteiger partial charge in [0.15, 0.2) is 0 Å². The Labute approximate surface area is 89.9 Å². The van der Waals surface area contributed by atoms with Gasteiger partial charge in [0, 0.05) is 31.4 Å². The highest BCUT2D eigenvalue weighted by molar-refractivity contribution is 5.15. The summed E-state index contributed by atoms with van der Waals surface area (Å²) < 4.78 is 5.34. The van der Waals surface area contributed by atoms with Crippen molar-refractivity contribution in [1.82, 2.24) is 9.97 Å². The predicted octanol–water partition coefficient (Wildman–Crippen LogP) is 1.14. The number of ether oxygens (including phenoxy) is 1. The molecule has 4 nitrogen and oxygen atoms in total. The first-order valence-corrected chi connectivity index (χ1v) is 5.42. The van der Waals surface area contributed by atoms with Crippen LogP contribution in [-0.4, -0.2) is 23.2 Å². The van der Waals surface area contributed by atoms with Crippen LogP contribution < -0.4 is 5.73 Å². The van der Waals surface area contributed by atoms with E-state index in [2.05, 4.69) is 9.97 Å². The van der Waals surface area contributed by atoms with Crippen LogP contribution in [0.2, 0.25) is 0 Å². The van der Waals surface area contributed by atoms with Crippen molar-refractivity contribution in [3.05, 3.63) is 23.3 Å². The van der Waals surface area contributed by atoms with Crippen LogP contribution in [0, 0.1) is 6.92 Å². The maximum atomic E-state index is 5.60. The van der Waals surface area contributed by atoms with E-state index in [1.54, 1.807) is 0 Å². The van der Waals surface area contributed by atoms with Crippen molar-refractivity contribution in [1.29, 1.82) is 0 Å². The summed E-state index contributed by atoms with van der Waals surface area (Å²) in [5.74, 6) is 1.34. The standard InChI is InChI=1S/C11H17N3O/c1-8-13-10(7-12)6-11(14-8)9-2-4-15-5-3-9/h6,9H,2-5,7,12H2,1H3. The summed E-state index contributed by atoms with van der Waals surface area (Å²) in [6.45, 7) is 4.08. The van der Waals surface area contributed by atoms with Gasteiger partial charge in [0.25, 0.3) is 0 Å². The monoisotopic (exact) mass is 207 g/mol. The summed E-state index contributed by atoms with van der Waals surface area (Å²) in [6, 6.07) is 2.03. The van der Waals surface area contributed by atoms with Gasteiger partial charge in [0.2, 0.25) is 0 Å². The van der Waals surface area contributed by atoms with Crippen molar-refractivity contribution in [3.63, 3.8) is 0 Å². The maximum absolute atomic E-state index is 5.60. The molecular weight excluding hydrogens is 190 g/mol. The molecule has 0 aliphatic carbocycles. The molecule has 1 aliphatic rings. The molecule has 0 unspecified atom stereocenters. The fourth-order valence-electron chi connectivity index (χ4n) is 1.96. The topological polar surface area (TPSA) is 61.0 Å². The van der Waals surface area contributed by atoms with Crippen molar-refractivity contribution >= 4 is 0 Å². The predicted molar refractivity (Wildman–Crippen MR) is 57.5 cm³/mol. The third-order valence-corrected chi connectivity index (χ3v) is 2.76. The zero-order valence-corrected chi connectivity index (χ0v) is 9.07. The lowest BCUT2D eigenvalue weighted by Gasteiger charge is -2.21. The molecule has 0 bridgehead atoms. The normalized spacial score (nSPS) is 18.0. The molecule has 15 heavy (non-hydrogen) atoms. The van der Waals surface area contributed by atoms with Crippen molar-refractivity contribution in [2.45, 2.75) is 32.2 Å². The summed E-state index contributed by atoms with van der Waals surface area (Å²) in [7, 11) is 0. The lowest BCUT2D eigenvalue weighted by atomic mass is 9.96. The van der Waals surface area contributed by atoms with Crippen LogP contribution in [0.1, 0.15) is 36.0 Å². The molecule has 0 amide bonds. The van der Waals surface area contributed by atoms with Crippen LogP contribution in [0.15, 0.2) is 6.07 Å². The highest BCUT2D eigenvalue weighted by Crippen LogP contribution is 2.25. The van der Waals surface area contributed by atoms with Crippen molar-refractivity contribution in [2.75, 3.05) is 13.2 Å². The zero-order chi connectivity index (χ0) is 10.7. The molecule has 1 saturated heterocycles. The Hall–Kier alpha value is -1.00. The van der Waals surface area contributed by atoms with Gasteiger partial charge in [-0.3, -0.25) is 0 Å². The Morgan fingerprint density at radius 2 is 2.13 bits per heavy atom. The highest BCUT2D eigenvalue weighted by Gasteiger charge is 2.18. The lowest BCUT2D eigenvalue weighted by molar-refractivity contribution is 0.0844. The first kappa shape index (κ1) is 10.5. The third kappa shape index (κ3) is 2.52. The number of aromatic nitrogens is 2. The van der Waals surface area contributed by atoms with Gasteiger partial charge in [-0.2, -0.15) is 0 Å². The Kier molecular flexibility index (Phi) is 3.28. The third-order valence-electron chi connectivity index (χ3n) is 2.76. The molecule has 0 spiro atoms. The Bertz CT molecular complexity index is 335. The van der Waals surface area contributed by atoms with Crippen LogP contribution in [0.5, 0.6) is 0 Å². The van der Waals surface area contributed by atoms with Gasteiger partial charge in [0.1, 0.15) is 5.82 Å². The van der Waals surface area contributed by atoms with Gasteiger partial charge in [0.05, 0.1) is 5.69 Å². The Morgan fingerprint density at radius 1 is 1.40 bits per heavy atom. The molecular formula is C11H17N3O. The molecule has 1 aromatic heterocycles. The molecule has 2 N–H and O–H groups in total. The van der Waals surface area contributed by atoms with Crippen LogP contribution in [-0.2, 0) is 11.3 Å². The number of hydrogen-bond acceptors (Lipinski definition) is 4. The second-order valence-corrected chi connectivity index (χ2v) is 3.92. The Balaban J connectivity index is 2.22. The average molecular weight is 207 g/mol. The van der Waals surface area contributed by atoms with Crippen LogP contribution >= 0.6 is 0 Å². The molecule has 0 saturated carbocycles. The van der Waals surface area contributed by atoms with Gasteiger partial charge in [-0.1, -0.05) is 0 Å². The molecule has 1 aliphatic heterocycles. The number of rotatable bonds is 2. The van der Waals surface area contributed by atoms with Gasteiger partial charge in [-0.05, 0) is 25.8 Å². The summed E-state index contributed by atoms with van der Waals surface area (Å²) in [5, 5.41) is 0. The number of nitrogens with zero attached hydrogens (tertiary/aromatic N) is 2. The largest absolute Gasteiger partial charge is 0.381 e. The summed E-state index contributed by atoms with van der Waals surface area (Å²) in [5.41, 5.74) is 7.67. The van der Waals surface area contributed by atoms with Crippen LogP contribution in [0.4, 0.5) is 0 Å².